The maximum absolute atomic E-state index is 5.39. The summed E-state index contributed by atoms with van der Waals surface area (Å²) in [7, 11) is 0. The van der Waals surface area contributed by atoms with Crippen LogP contribution in [0.2, 0.25) is 0 Å². The minimum absolute atomic E-state index is 0.537. The fourth-order valence-electron chi connectivity index (χ4n) is 2.19. The Balaban J connectivity index is 2.07. The van der Waals surface area contributed by atoms with Gasteiger partial charge in [-0.25, -0.2) is 9.97 Å². The average molecular weight is 268 g/mol. The highest BCUT2D eigenvalue weighted by Crippen LogP contribution is 2.24. The third-order valence-electron chi connectivity index (χ3n) is 3.20. The lowest BCUT2D eigenvalue weighted by Crippen LogP contribution is -1.96. The molecule has 0 fully saturated rings. The quantitative estimate of drug-likeness (QED) is 0.790. The van der Waals surface area contributed by atoms with Crippen molar-refractivity contribution in [2.75, 3.05) is 6.61 Å². The zero-order valence-corrected chi connectivity index (χ0v) is 11.6. The van der Waals surface area contributed by atoms with Crippen LogP contribution < -0.4 is 4.74 Å². The predicted molar refractivity (Wildman–Crippen MR) is 77.7 cm³/mol. The molecule has 0 aromatic carbocycles. The van der Waals surface area contributed by atoms with Gasteiger partial charge in [-0.05, 0) is 25.0 Å². The zero-order valence-electron chi connectivity index (χ0n) is 11.6. The molecule has 0 amide bonds. The molecule has 20 heavy (non-hydrogen) atoms. The van der Waals surface area contributed by atoms with Crippen molar-refractivity contribution >= 4 is 11.0 Å². The average Bonchev–Trinajstić information content (AvgIpc) is 2.90. The van der Waals surface area contributed by atoms with E-state index in [9.17, 15) is 0 Å². The number of H-pyrrole nitrogens is 1. The van der Waals surface area contributed by atoms with Crippen molar-refractivity contribution < 1.29 is 4.74 Å². The molecule has 3 rings (SSSR count). The van der Waals surface area contributed by atoms with E-state index in [1.54, 1.807) is 18.6 Å². The molecule has 1 N–H and O–H groups in total. The van der Waals surface area contributed by atoms with Gasteiger partial charge in [-0.1, -0.05) is 6.92 Å². The molecular weight excluding hydrogens is 252 g/mol. The topological polar surface area (TPSA) is 63.7 Å². The molecule has 0 aliphatic rings. The zero-order chi connectivity index (χ0) is 13.9. The number of aryl methyl sites for hydroxylation is 1. The summed E-state index contributed by atoms with van der Waals surface area (Å²) in [6.07, 6.45) is 8.12. The molecule has 3 heterocycles. The number of nitrogens with zero attached hydrogens (tertiary/aromatic N) is 3. The largest absolute Gasteiger partial charge is 0.477 e. The molecule has 3 aromatic heterocycles. The lowest BCUT2D eigenvalue weighted by molar-refractivity contribution is 0.325. The molecule has 0 saturated carbocycles. The lowest BCUT2D eigenvalue weighted by atomic mass is 10.1. The fourth-order valence-corrected chi connectivity index (χ4v) is 2.19. The van der Waals surface area contributed by atoms with E-state index in [0.717, 1.165) is 28.7 Å². The number of hydrogen-bond donors (Lipinski definition) is 1. The van der Waals surface area contributed by atoms with E-state index in [-0.39, 0.29) is 0 Å². The monoisotopic (exact) mass is 268 g/mol. The van der Waals surface area contributed by atoms with Crippen molar-refractivity contribution in [3.8, 4) is 17.1 Å². The predicted octanol–water partition coefficient (Wildman–Crippen LogP) is 2.98. The Morgan fingerprint density at radius 2 is 2.10 bits per heavy atom. The van der Waals surface area contributed by atoms with Crippen LogP contribution in [0.25, 0.3) is 22.3 Å². The molecule has 0 unspecified atom stereocenters. The number of aromatic nitrogens is 4. The molecule has 0 bridgehead atoms. The first-order chi connectivity index (χ1) is 9.81. The van der Waals surface area contributed by atoms with Gasteiger partial charge in [-0.3, -0.25) is 4.98 Å². The summed E-state index contributed by atoms with van der Waals surface area (Å²) in [6.45, 7) is 4.63. The van der Waals surface area contributed by atoms with Crippen LogP contribution in [0.5, 0.6) is 5.88 Å². The van der Waals surface area contributed by atoms with Gasteiger partial charge in [-0.15, -0.1) is 0 Å². The second-order valence-electron chi connectivity index (χ2n) is 4.46. The summed E-state index contributed by atoms with van der Waals surface area (Å²) in [5.74, 6) is 0.537. The molecule has 3 aromatic rings. The van der Waals surface area contributed by atoms with Gasteiger partial charge in [0.15, 0.2) is 0 Å². The first kappa shape index (κ1) is 12.6. The van der Waals surface area contributed by atoms with E-state index in [2.05, 4.69) is 32.9 Å². The lowest BCUT2D eigenvalue weighted by Gasteiger charge is -2.04. The van der Waals surface area contributed by atoms with Crippen LogP contribution in [0.3, 0.4) is 0 Å². The van der Waals surface area contributed by atoms with Crippen LogP contribution >= 0.6 is 0 Å². The molecule has 0 spiro atoms. The van der Waals surface area contributed by atoms with Crippen molar-refractivity contribution in [3.63, 3.8) is 0 Å². The van der Waals surface area contributed by atoms with Crippen LogP contribution in [0, 0.1) is 0 Å². The van der Waals surface area contributed by atoms with Crippen molar-refractivity contribution in [2.45, 2.75) is 20.3 Å². The first-order valence-corrected chi connectivity index (χ1v) is 6.73. The van der Waals surface area contributed by atoms with Crippen molar-refractivity contribution in [1.82, 2.24) is 19.9 Å². The number of aromatic amines is 1. The summed E-state index contributed by atoms with van der Waals surface area (Å²) in [5.41, 5.74) is 3.87. The summed E-state index contributed by atoms with van der Waals surface area (Å²) in [4.78, 5) is 16.2. The number of rotatable bonds is 4. The van der Waals surface area contributed by atoms with Crippen molar-refractivity contribution in [3.05, 3.63) is 36.4 Å². The molecule has 5 heteroatoms. The fraction of sp³-hybridized carbons (Fsp3) is 0.267. The van der Waals surface area contributed by atoms with Crippen molar-refractivity contribution in [2.24, 2.45) is 0 Å². The normalized spacial score (nSPS) is 10.9. The van der Waals surface area contributed by atoms with Gasteiger partial charge < -0.3 is 9.72 Å². The summed E-state index contributed by atoms with van der Waals surface area (Å²) < 4.78 is 5.39. The number of pyridine rings is 1. The highest BCUT2D eigenvalue weighted by Gasteiger charge is 2.08. The van der Waals surface area contributed by atoms with E-state index < -0.39 is 0 Å². The van der Waals surface area contributed by atoms with Crippen LogP contribution in [-0.2, 0) is 6.42 Å². The van der Waals surface area contributed by atoms with Gasteiger partial charge in [0.2, 0.25) is 5.88 Å². The Morgan fingerprint density at radius 3 is 2.90 bits per heavy atom. The Labute approximate surface area is 117 Å². The van der Waals surface area contributed by atoms with Gasteiger partial charge >= 0.3 is 0 Å². The molecule has 0 radical (unpaired) electrons. The van der Waals surface area contributed by atoms with Gasteiger partial charge in [-0.2, -0.15) is 0 Å². The van der Waals surface area contributed by atoms with E-state index >= 15 is 0 Å². The minimum Gasteiger partial charge on any atom is -0.477 e. The molecule has 0 aliphatic heterocycles. The van der Waals surface area contributed by atoms with Gasteiger partial charge in [0.05, 0.1) is 24.7 Å². The van der Waals surface area contributed by atoms with Crippen LogP contribution in [0.15, 0.2) is 30.9 Å². The smallest absolute Gasteiger partial charge is 0.232 e. The Morgan fingerprint density at radius 1 is 1.20 bits per heavy atom. The van der Waals surface area contributed by atoms with Crippen molar-refractivity contribution in [1.29, 1.82) is 0 Å². The van der Waals surface area contributed by atoms with Crippen LogP contribution in [0.1, 0.15) is 19.4 Å². The van der Waals surface area contributed by atoms with Gasteiger partial charge in [0, 0.05) is 23.3 Å². The van der Waals surface area contributed by atoms with E-state index in [1.807, 2.05) is 13.1 Å². The van der Waals surface area contributed by atoms with Gasteiger partial charge in [0.25, 0.3) is 0 Å². The molecule has 0 aliphatic carbocycles. The Hall–Kier alpha value is -2.43. The number of fused-ring (bicyclic) bond motifs is 1. The highest BCUT2D eigenvalue weighted by atomic mass is 16.5. The molecular formula is C15H16N4O. The van der Waals surface area contributed by atoms with Crippen LogP contribution in [0.4, 0.5) is 0 Å². The van der Waals surface area contributed by atoms with Gasteiger partial charge in [0.1, 0.15) is 5.65 Å². The molecule has 0 atom stereocenters. The maximum Gasteiger partial charge on any atom is 0.232 e. The first-order valence-electron chi connectivity index (χ1n) is 6.73. The highest BCUT2D eigenvalue weighted by molar-refractivity contribution is 5.83. The minimum atomic E-state index is 0.537. The summed E-state index contributed by atoms with van der Waals surface area (Å²) in [6, 6.07) is 2.09. The number of hydrogen-bond acceptors (Lipinski definition) is 4. The second-order valence-corrected chi connectivity index (χ2v) is 4.46. The van der Waals surface area contributed by atoms with E-state index in [1.165, 1.54) is 5.56 Å². The Kier molecular flexibility index (Phi) is 3.33. The van der Waals surface area contributed by atoms with Crippen LogP contribution in [-0.4, -0.2) is 26.5 Å². The number of ether oxygens (including phenoxy) is 1. The Bertz CT molecular complexity index is 736. The molecule has 102 valence electrons. The summed E-state index contributed by atoms with van der Waals surface area (Å²) >= 11 is 0. The summed E-state index contributed by atoms with van der Waals surface area (Å²) in [5, 5.41) is 1.13. The van der Waals surface area contributed by atoms with E-state index in [0.29, 0.717) is 12.5 Å². The number of nitrogens with one attached hydrogen (secondary N) is 1. The van der Waals surface area contributed by atoms with E-state index in [4.69, 9.17) is 4.74 Å². The third kappa shape index (κ3) is 2.22. The third-order valence-corrected chi connectivity index (χ3v) is 3.20. The standard InChI is InChI=1S/C15H16N4O/c1-3-10-6-17-15-12(10)5-11(7-18-15)13-8-16-9-14(19-13)20-4-2/h5-9H,3-4H2,1-2H3,(H,17,18). The maximum atomic E-state index is 5.39. The molecule has 0 saturated heterocycles. The SMILES string of the molecule is CCOc1cncc(-c2cnc3[nH]cc(CC)c3c2)n1. The second kappa shape index (κ2) is 5.28. The molecule has 5 nitrogen and oxygen atoms in total.